The molecule has 9 nitrogen and oxygen atoms in total. The van der Waals surface area contributed by atoms with Crippen LogP contribution in [-0.2, 0) is 27.1 Å². The normalized spacial score (nSPS) is 17.2. The highest BCUT2D eigenvalue weighted by atomic mass is 32.2. The van der Waals surface area contributed by atoms with Crippen molar-refractivity contribution in [2.24, 2.45) is 0 Å². The number of hydrogen-bond donors (Lipinski definition) is 2. The summed E-state index contributed by atoms with van der Waals surface area (Å²) in [6.07, 6.45) is 0.916. The van der Waals surface area contributed by atoms with E-state index in [-0.39, 0.29) is 11.8 Å². The molecule has 0 aromatic carbocycles. The van der Waals surface area contributed by atoms with Crippen molar-refractivity contribution < 1.29 is 13.2 Å². The summed E-state index contributed by atoms with van der Waals surface area (Å²) in [5, 5.41) is 3.13. The molecule has 1 atom stereocenters. The Hall–Kier alpha value is -2.53. The van der Waals surface area contributed by atoms with Gasteiger partial charge >= 0.3 is 0 Å². The van der Waals surface area contributed by atoms with Crippen LogP contribution in [0.25, 0.3) is 22.4 Å². The molecule has 3 aromatic heterocycles. The van der Waals surface area contributed by atoms with Gasteiger partial charge in [0.15, 0.2) is 0 Å². The molecule has 0 spiro atoms. The maximum absolute atomic E-state index is 12.6. The highest BCUT2D eigenvalue weighted by molar-refractivity contribution is 7.88. The van der Waals surface area contributed by atoms with Crippen LogP contribution in [0.15, 0.2) is 30.3 Å². The van der Waals surface area contributed by atoms with E-state index in [1.165, 1.54) is 4.31 Å². The van der Waals surface area contributed by atoms with E-state index in [2.05, 4.69) is 22.1 Å². The van der Waals surface area contributed by atoms with Crippen LogP contribution in [0.2, 0.25) is 0 Å². The van der Waals surface area contributed by atoms with E-state index in [4.69, 9.17) is 14.7 Å². The van der Waals surface area contributed by atoms with Gasteiger partial charge in [0.05, 0.1) is 47.4 Å². The Bertz CT molecular complexity index is 1220. The van der Waals surface area contributed by atoms with Crippen molar-refractivity contribution in [2.45, 2.75) is 31.7 Å². The van der Waals surface area contributed by atoms with Crippen molar-refractivity contribution in [3.8, 4) is 11.4 Å². The second-order valence-electron chi connectivity index (χ2n) is 8.54. The van der Waals surface area contributed by atoms with Crippen LogP contribution in [0.3, 0.4) is 0 Å². The number of fused-ring (bicyclic) bond motifs is 1. The molecular formula is C23H32N6O3S. The largest absolute Gasteiger partial charge is 0.377 e. The third-order valence-corrected chi connectivity index (χ3v) is 7.74. The Kier molecular flexibility index (Phi) is 6.99. The molecule has 1 aliphatic rings. The van der Waals surface area contributed by atoms with Gasteiger partial charge in [0.25, 0.3) is 0 Å². The molecule has 1 unspecified atom stereocenters. The fraction of sp³-hybridized carbons (Fsp3) is 0.478. The summed E-state index contributed by atoms with van der Waals surface area (Å²) in [7, 11) is 1.58. The second-order valence-corrected chi connectivity index (χ2v) is 10.7. The maximum Gasteiger partial charge on any atom is 0.217 e. The van der Waals surface area contributed by atoms with Gasteiger partial charge in [-0.25, -0.2) is 22.7 Å². The number of H-pyrrole nitrogens is 1. The first-order valence-electron chi connectivity index (χ1n) is 11.2. The van der Waals surface area contributed by atoms with Gasteiger partial charge in [-0.05, 0) is 49.4 Å². The molecule has 2 N–H and O–H groups in total. The highest BCUT2D eigenvalue weighted by Crippen LogP contribution is 2.28. The third kappa shape index (κ3) is 5.19. The lowest BCUT2D eigenvalue weighted by Crippen LogP contribution is -2.45. The molecule has 33 heavy (non-hydrogen) atoms. The maximum atomic E-state index is 12.6. The molecule has 1 aliphatic heterocycles. The van der Waals surface area contributed by atoms with E-state index in [9.17, 15) is 8.42 Å². The number of nitrogens with zero attached hydrogens (tertiary/aromatic N) is 4. The zero-order chi connectivity index (χ0) is 23.6. The van der Waals surface area contributed by atoms with E-state index in [0.29, 0.717) is 36.7 Å². The first kappa shape index (κ1) is 23.6. The summed E-state index contributed by atoms with van der Waals surface area (Å²) in [5.41, 5.74) is 4.92. The minimum atomic E-state index is -3.42. The SMILES string of the molecule is CCC1COCCN1c1cc(CS(=O)(=O)N(C)C)cc(-c2ccc3[nH]c(CNC)cc3n2)n1. The van der Waals surface area contributed by atoms with Crippen molar-refractivity contribution in [3.05, 3.63) is 41.6 Å². The number of hydrogen-bond acceptors (Lipinski definition) is 7. The quantitative estimate of drug-likeness (QED) is 0.519. The fourth-order valence-electron chi connectivity index (χ4n) is 4.06. The van der Waals surface area contributed by atoms with Crippen LogP contribution < -0.4 is 10.2 Å². The van der Waals surface area contributed by atoms with Gasteiger partial charge in [-0.2, -0.15) is 0 Å². The number of ether oxygens (including phenoxy) is 1. The van der Waals surface area contributed by atoms with Crippen molar-refractivity contribution >= 4 is 26.9 Å². The van der Waals surface area contributed by atoms with Crippen molar-refractivity contribution in [1.29, 1.82) is 0 Å². The summed E-state index contributed by atoms with van der Waals surface area (Å²) in [6, 6.07) is 9.86. The molecular weight excluding hydrogens is 440 g/mol. The Morgan fingerprint density at radius 2 is 2.03 bits per heavy atom. The lowest BCUT2D eigenvalue weighted by atomic mass is 10.1. The second kappa shape index (κ2) is 9.76. The van der Waals surface area contributed by atoms with E-state index < -0.39 is 10.0 Å². The van der Waals surface area contributed by atoms with Crippen molar-refractivity contribution in [3.63, 3.8) is 0 Å². The van der Waals surface area contributed by atoms with Crippen LogP contribution in [0, 0.1) is 0 Å². The third-order valence-electron chi connectivity index (χ3n) is 5.93. The van der Waals surface area contributed by atoms with Gasteiger partial charge in [-0.15, -0.1) is 0 Å². The molecule has 10 heteroatoms. The van der Waals surface area contributed by atoms with E-state index in [1.807, 2.05) is 37.4 Å². The fourth-order valence-corrected chi connectivity index (χ4v) is 4.91. The Balaban J connectivity index is 1.79. The lowest BCUT2D eigenvalue weighted by molar-refractivity contribution is 0.0926. The number of rotatable bonds is 8. The summed E-state index contributed by atoms with van der Waals surface area (Å²) < 4.78 is 32.2. The molecule has 178 valence electrons. The van der Waals surface area contributed by atoms with Gasteiger partial charge in [0.1, 0.15) is 5.82 Å². The predicted octanol–water partition coefficient (Wildman–Crippen LogP) is 2.35. The Morgan fingerprint density at radius 1 is 1.21 bits per heavy atom. The molecule has 4 heterocycles. The number of aromatic amines is 1. The molecule has 0 radical (unpaired) electrons. The number of sulfonamides is 1. The monoisotopic (exact) mass is 472 g/mol. The number of morpholine rings is 1. The number of anilines is 1. The Morgan fingerprint density at radius 3 is 2.76 bits per heavy atom. The van der Waals surface area contributed by atoms with Gasteiger partial charge in [-0.1, -0.05) is 6.92 Å². The standard InChI is InChI=1S/C23H32N6O3S/c1-5-18-14-32-9-8-29(18)23-11-16(15-33(30,31)28(3)4)10-21(27-23)20-7-6-19-22(26-20)12-17(25-19)13-24-2/h6-7,10-12,18,24-25H,5,8-9,13-15H2,1-4H3. The van der Waals surface area contributed by atoms with Gasteiger partial charge < -0.3 is 19.9 Å². The van der Waals surface area contributed by atoms with Crippen LogP contribution in [0.5, 0.6) is 0 Å². The predicted molar refractivity (Wildman–Crippen MR) is 131 cm³/mol. The average Bonchev–Trinajstić information content (AvgIpc) is 3.20. The summed E-state index contributed by atoms with van der Waals surface area (Å²) in [5.74, 6) is 0.668. The number of aromatic nitrogens is 3. The zero-order valence-corrected chi connectivity index (χ0v) is 20.4. The summed E-state index contributed by atoms with van der Waals surface area (Å²) in [6.45, 7) is 4.82. The van der Waals surface area contributed by atoms with Crippen molar-refractivity contribution in [2.75, 3.05) is 45.8 Å². The van der Waals surface area contributed by atoms with Crippen LogP contribution in [-0.4, -0.2) is 74.6 Å². The molecule has 0 amide bonds. The van der Waals surface area contributed by atoms with E-state index in [1.54, 1.807) is 14.1 Å². The smallest absolute Gasteiger partial charge is 0.217 e. The van der Waals surface area contributed by atoms with Gasteiger partial charge in [0, 0.05) is 32.9 Å². The summed E-state index contributed by atoms with van der Waals surface area (Å²) >= 11 is 0. The van der Waals surface area contributed by atoms with E-state index in [0.717, 1.165) is 35.5 Å². The topological polar surface area (TPSA) is 103 Å². The number of pyridine rings is 2. The molecule has 4 rings (SSSR count). The lowest BCUT2D eigenvalue weighted by Gasteiger charge is -2.36. The molecule has 0 saturated carbocycles. The minimum Gasteiger partial charge on any atom is -0.377 e. The molecule has 0 aliphatic carbocycles. The Labute approximate surface area is 195 Å². The minimum absolute atomic E-state index is 0.0949. The van der Waals surface area contributed by atoms with Crippen LogP contribution in [0.1, 0.15) is 24.6 Å². The van der Waals surface area contributed by atoms with Crippen molar-refractivity contribution in [1.82, 2.24) is 24.6 Å². The number of nitrogens with one attached hydrogen (secondary N) is 2. The van der Waals surface area contributed by atoms with Crippen LogP contribution in [0.4, 0.5) is 5.82 Å². The highest BCUT2D eigenvalue weighted by Gasteiger charge is 2.25. The van der Waals surface area contributed by atoms with Crippen LogP contribution >= 0.6 is 0 Å². The molecule has 1 saturated heterocycles. The van der Waals surface area contributed by atoms with Gasteiger partial charge in [-0.3, -0.25) is 0 Å². The first-order chi connectivity index (χ1) is 15.8. The van der Waals surface area contributed by atoms with E-state index >= 15 is 0 Å². The first-order valence-corrected chi connectivity index (χ1v) is 12.8. The molecule has 0 bridgehead atoms. The average molecular weight is 473 g/mol. The molecule has 1 fully saturated rings. The molecule has 3 aromatic rings. The summed E-state index contributed by atoms with van der Waals surface area (Å²) in [4.78, 5) is 15.3. The van der Waals surface area contributed by atoms with Gasteiger partial charge in [0.2, 0.25) is 10.0 Å². The zero-order valence-electron chi connectivity index (χ0n) is 19.6.